The van der Waals surface area contributed by atoms with Crippen LogP contribution in [0.25, 0.3) is 11.1 Å². The third kappa shape index (κ3) is 3.09. The first-order valence-electron chi connectivity index (χ1n) is 7.08. The molecular formula is C17H13Cl3FN3. The van der Waals surface area contributed by atoms with Gasteiger partial charge in [0.2, 0.25) is 0 Å². The Bertz CT molecular complexity index is 901. The number of halogens is 4. The molecule has 0 aliphatic rings. The van der Waals surface area contributed by atoms with Crippen molar-refractivity contribution in [3.63, 3.8) is 0 Å². The zero-order valence-electron chi connectivity index (χ0n) is 12.9. The van der Waals surface area contributed by atoms with Gasteiger partial charge in [-0.25, -0.2) is 4.39 Å². The lowest BCUT2D eigenvalue weighted by Gasteiger charge is -2.13. The summed E-state index contributed by atoms with van der Waals surface area (Å²) < 4.78 is 15.0. The van der Waals surface area contributed by atoms with E-state index in [1.807, 2.05) is 6.92 Å². The standard InChI is InChI=1S/C17H13Cl3FN3/c1-9-15(11-7-6-10(21)8-14(11)20)17(24(2)23-9)22-16-12(18)4-3-5-13(16)19/h3-8,22H,1-2H3. The van der Waals surface area contributed by atoms with Gasteiger partial charge in [-0.15, -0.1) is 0 Å². The molecule has 2 aromatic carbocycles. The molecule has 0 amide bonds. The maximum atomic E-state index is 13.4. The van der Waals surface area contributed by atoms with Crippen LogP contribution in [0, 0.1) is 12.7 Å². The quantitative estimate of drug-likeness (QED) is 0.579. The Morgan fingerprint density at radius 2 is 1.71 bits per heavy atom. The summed E-state index contributed by atoms with van der Waals surface area (Å²) in [4.78, 5) is 0. The predicted molar refractivity (Wildman–Crippen MR) is 98.1 cm³/mol. The fourth-order valence-corrected chi connectivity index (χ4v) is 3.31. The Labute approximate surface area is 154 Å². The summed E-state index contributed by atoms with van der Waals surface area (Å²) in [6.07, 6.45) is 0. The Kier molecular flexibility index (Phi) is 4.72. The van der Waals surface area contributed by atoms with E-state index in [1.54, 1.807) is 36.0 Å². The molecule has 0 spiro atoms. The van der Waals surface area contributed by atoms with Gasteiger partial charge in [0.05, 0.1) is 26.4 Å². The molecule has 0 fully saturated rings. The number of para-hydroxylation sites is 1. The van der Waals surface area contributed by atoms with Crippen molar-refractivity contribution in [3.8, 4) is 11.1 Å². The van der Waals surface area contributed by atoms with Gasteiger partial charge in [-0.3, -0.25) is 4.68 Å². The number of aromatic nitrogens is 2. The van der Waals surface area contributed by atoms with Crippen LogP contribution in [-0.2, 0) is 7.05 Å². The van der Waals surface area contributed by atoms with Crippen LogP contribution >= 0.6 is 34.8 Å². The number of rotatable bonds is 3. The summed E-state index contributed by atoms with van der Waals surface area (Å²) in [5.74, 6) is 0.268. The second-order valence-electron chi connectivity index (χ2n) is 5.28. The van der Waals surface area contributed by atoms with E-state index in [-0.39, 0.29) is 0 Å². The fourth-order valence-electron chi connectivity index (χ4n) is 2.55. The minimum Gasteiger partial charge on any atom is -0.337 e. The van der Waals surface area contributed by atoms with Gasteiger partial charge in [0.25, 0.3) is 0 Å². The zero-order chi connectivity index (χ0) is 17.4. The van der Waals surface area contributed by atoms with Crippen molar-refractivity contribution < 1.29 is 4.39 Å². The molecule has 0 radical (unpaired) electrons. The predicted octanol–water partition coefficient (Wildman–Crippen LogP) is 6.24. The average Bonchev–Trinajstić information content (AvgIpc) is 2.77. The van der Waals surface area contributed by atoms with Gasteiger partial charge in [-0.05, 0) is 37.3 Å². The number of benzene rings is 2. The van der Waals surface area contributed by atoms with Gasteiger partial charge in [-0.1, -0.05) is 40.9 Å². The van der Waals surface area contributed by atoms with E-state index >= 15 is 0 Å². The van der Waals surface area contributed by atoms with E-state index in [0.717, 1.165) is 11.3 Å². The molecule has 0 atom stereocenters. The molecule has 0 aliphatic carbocycles. The third-order valence-corrected chi connectivity index (χ3v) is 4.57. The van der Waals surface area contributed by atoms with E-state index in [1.165, 1.54) is 12.1 Å². The second kappa shape index (κ2) is 6.63. The fraction of sp³-hybridized carbons (Fsp3) is 0.118. The Hall–Kier alpha value is -1.75. The van der Waals surface area contributed by atoms with Crippen molar-refractivity contribution in [2.24, 2.45) is 7.05 Å². The molecule has 0 saturated carbocycles. The largest absolute Gasteiger partial charge is 0.337 e. The molecule has 0 bridgehead atoms. The highest BCUT2D eigenvalue weighted by Crippen LogP contribution is 2.40. The number of aryl methyl sites for hydroxylation is 2. The van der Waals surface area contributed by atoms with Crippen molar-refractivity contribution in [1.82, 2.24) is 9.78 Å². The minimum atomic E-state index is -0.394. The van der Waals surface area contributed by atoms with Crippen LogP contribution in [0.4, 0.5) is 15.9 Å². The van der Waals surface area contributed by atoms with Gasteiger partial charge in [0, 0.05) is 18.2 Å². The topological polar surface area (TPSA) is 29.9 Å². The van der Waals surface area contributed by atoms with E-state index in [9.17, 15) is 4.39 Å². The van der Waals surface area contributed by atoms with Crippen LogP contribution in [0.1, 0.15) is 5.69 Å². The number of nitrogens with one attached hydrogen (secondary N) is 1. The van der Waals surface area contributed by atoms with Gasteiger partial charge in [-0.2, -0.15) is 5.10 Å². The molecule has 3 rings (SSSR count). The van der Waals surface area contributed by atoms with E-state index < -0.39 is 5.82 Å². The summed E-state index contributed by atoms with van der Waals surface area (Å²) in [7, 11) is 1.79. The van der Waals surface area contributed by atoms with Crippen LogP contribution in [0.15, 0.2) is 36.4 Å². The van der Waals surface area contributed by atoms with Crippen molar-refractivity contribution >= 4 is 46.3 Å². The molecule has 3 nitrogen and oxygen atoms in total. The molecule has 1 heterocycles. The van der Waals surface area contributed by atoms with Crippen LogP contribution < -0.4 is 5.32 Å². The van der Waals surface area contributed by atoms with E-state index in [0.29, 0.717) is 32.1 Å². The smallest absolute Gasteiger partial charge is 0.136 e. The summed E-state index contributed by atoms with van der Waals surface area (Å²) >= 11 is 18.7. The van der Waals surface area contributed by atoms with Crippen molar-refractivity contribution in [2.75, 3.05) is 5.32 Å². The van der Waals surface area contributed by atoms with E-state index in [2.05, 4.69) is 10.4 Å². The van der Waals surface area contributed by atoms with Gasteiger partial charge in [0.15, 0.2) is 0 Å². The Balaban J connectivity index is 2.16. The summed E-state index contributed by atoms with van der Waals surface area (Å²) in [5, 5.41) is 8.92. The van der Waals surface area contributed by atoms with Crippen LogP contribution in [0.2, 0.25) is 15.1 Å². The number of hydrogen-bond donors (Lipinski definition) is 1. The van der Waals surface area contributed by atoms with Crippen molar-refractivity contribution in [2.45, 2.75) is 6.92 Å². The molecule has 124 valence electrons. The highest BCUT2D eigenvalue weighted by atomic mass is 35.5. The summed E-state index contributed by atoms with van der Waals surface area (Å²) in [5.41, 5.74) is 2.76. The lowest BCUT2D eigenvalue weighted by Crippen LogP contribution is -2.01. The van der Waals surface area contributed by atoms with Crippen LogP contribution in [0.5, 0.6) is 0 Å². The summed E-state index contributed by atoms with van der Waals surface area (Å²) in [6, 6.07) is 9.51. The minimum absolute atomic E-state index is 0.305. The lowest BCUT2D eigenvalue weighted by molar-refractivity contribution is 0.628. The molecule has 3 aromatic rings. The molecule has 0 saturated heterocycles. The van der Waals surface area contributed by atoms with Crippen molar-refractivity contribution in [3.05, 3.63) is 63.0 Å². The highest BCUT2D eigenvalue weighted by Gasteiger charge is 2.19. The summed E-state index contributed by atoms with van der Waals surface area (Å²) in [6.45, 7) is 1.86. The molecule has 24 heavy (non-hydrogen) atoms. The maximum Gasteiger partial charge on any atom is 0.136 e. The molecule has 1 aromatic heterocycles. The molecule has 0 aliphatic heterocycles. The molecular weight excluding hydrogens is 372 g/mol. The van der Waals surface area contributed by atoms with Gasteiger partial charge in [0.1, 0.15) is 11.6 Å². The first-order chi connectivity index (χ1) is 11.4. The average molecular weight is 385 g/mol. The van der Waals surface area contributed by atoms with E-state index in [4.69, 9.17) is 34.8 Å². The SMILES string of the molecule is Cc1nn(C)c(Nc2c(Cl)cccc2Cl)c1-c1ccc(F)cc1Cl. The molecule has 0 unspecified atom stereocenters. The molecule has 1 N–H and O–H groups in total. The zero-order valence-corrected chi connectivity index (χ0v) is 15.1. The Morgan fingerprint density at radius 3 is 2.33 bits per heavy atom. The first kappa shape index (κ1) is 17.1. The Morgan fingerprint density at radius 1 is 1.04 bits per heavy atom. The number of nitrogens with zero attached hydrogens (tertiary/aromatic N) is 2. The van der Waals surface area contributed by atoms with Gasteiger partial charge < -0.3 is 5.32 Å². The lowest BCUT2D eigenvalue weighted by atomic mass is 10.1. The normalized spacial score (nSPS) is 10.9. The molecule has 7 heteroatoms. The number of hydrogen-bond acceptors (Lipinski definition) is 2. The van der Waals surface area contributed by atoms with Gasteiger partial charge >= 0.3 is 0 Å². The first-order valence-corrected chi connectivity index (χ1v) is 8.22. The maximum absolute atomic E-state index is 13.4. The van der Waals surface area contributed by atoms with Crippen LogP contribution in [-0.4, -0.2) is 9.78 Å². The van der Waals surface area contributed by atoms with Crippen LogP contribution in [0.3, 0.4) is 0 Å². The van der Waals surface area contributed by atoms with Crippen molar-refractivity contribution in [1.29, 1.82) is 0 Å². The monoisotopic (exact) mass is 383 g/mol. The second-order valence-corrected chi connectivity index (χ2v) is 6.50. The highest BCUT2D eigenvalue weighted by molar-refractivity contribution is 6.39. The third-order valence-electron chi connectivity index (χ3n) is 3.63. The number of anilines is 2.